The van der Waals surface area contributed by atoms with Gasteiger partial charge in [0.2, 0.25) is 11.8 Å². The topological polar surface area (TPSA) is 101 Å². The number of ether oxygens (including phenoxy) is 1. The van der Waals surface area contributed by atoms with E-state index in [1.807, 2.05) is 6.08 Å². The number of nitrogens with zero attached hydrogens (tertiary/aromatic N) is 1. The average molecular weight is 556 g/mol. The van der Waals surface area contributed by atoms with Crippen molar-refractivity contribution >= 4 is 46.7 Å². The zero-order valence-corrected chi connectivity index (χ0v) is 22.7. The van der Waals surface area contributed by atoms with Gasteiger partial charge in [-0.15, -0.1) is 0 Å². The standard InChI is InChI=1S/C32H26ClNO6/c1-4-16-5-7-18(8-6-16)34-31(38)20-10-9-19-21(27(20)32(34)39)14-22-28(24(35)11-15(2)29(22)36)26(19)17-12-23(33)30(37)25(13-17)40-3/h4-9,11-13,20-21,26-27,37H,1,10,14H2,2-3H3/t20-,21+,26-,27-/m0/s1. The van der Waals surface area contributed by atoms with Crippen molar-refractivity contribution in [2.75, 3.05) is 12.0 Å². The second kappa shape index (κ2) is 9.45. The van der Waals surface area contributed by atoms with E-state index in [2.05, 4.69) is 6.58 Å². The molecule has 2 aromatic rings. The Kier molecular flexibility index (Phi) is 6.15. The molecule has 0 radical (unpaired) electrons. The maximum absolute atomic E-state index is 14.0. The summed E-state index contributed by atoms with van der Waals surface area (Å²) < 4.78 is 5.33. The van der Waals surface area contributed by atoms with Gasteiger partial charge in [-0.05, 0) is 67.2 Å². The molecule has 40 heavy (non-hydrogen) atoms. The van der Waals surface area contributed by atoms with Crippen molar-refractivity contribution in [3.8, 4) is 11.5 Å². The third-order valence-corrected chi connectivity index (χ3v) is 8.84. The monoisotopic (exact) mass is 555 g/mol. The predicted octanol–water partition coefficient (Wildman–Crippen LogP) is 5.33. The second-order valence-corrected chi connectivity index (χ2v) is 11.0. The summed E-state index contributed by atoms with van der Waals surface area (Å²) in [6.45, 7) is 5.36. The number of carbonyl (C=O) groups is 4. The molecule has 4 aliphatic rings. The van der Waals surface area contributed by atoms with Crippen LogP contribution in [-0.2, 0) is 19.2 Å². The molecule has 7 nitrogen and oxygen atoms in total. The maximum Gasteiger partial charge on any atom is 0.238 e. The van der Waals surface area contributed by atoms with Gasteiger partial charge in [0.1, 0.15) is 0 Å². The molecule has 0 bridgehead atoms. The second-order valence-electron chi connectivity index (χ2n) is 10.6. The zero-order valence-electron chi connectivity index (χ0n) is 21.9. The lowest BCUT2D eigenvalue weighted by atomic mass is 9.59. The normalized spacial score (nSPS) is 25.7. The van der Waals surface area contributed by atoms with Gasteiger partial charge in [0.05, 0.1) is 29.7 Å². The number of phenolic OH excluding ortho intramolecular Hbond substituents is 1. The molecule has 1 saturated heterocycles. The van der Waals surface area contributed by atoms with Crippen LogP contribution in [0.15, 0.2) is 77.4 Å². The van der Waals surface area contributed by atoms with Crippen molar-refractivity contribution < 1.29 is 29.0 Å². The molecule has 0 aromatic heterocycles. The number of benzene rings is 2. The lowest BCUT2D eigenvalue weighted by Crippen LogP contribution is -2.39. The van der Waals surface area contributed by atoms with Gasteiger partial charge in [-0.3, -0.25) is 24.1 Å². The summed E-state index contributed by atoms with van der Waals surface area (Å²) in [6, 6.07) is 10.2. The number of Topliss-reactive ketones (excluding diaryl/α,β-unsaturated/α-hetero) is 1. The van der Waals surface area contributed by atoms with E-state index in [9.17, 15) is 24.3 Å². The van der Waals surface area contributed by atoms with Crippen LogP contribution in [0.25, 0.3) is 6.08 Å². The van der Waals surface area contributed by atoms with E-state index < -0.39 is 23.7 Å². The van der Waals surface area contributed by atoms with Crippen molar-refractivity contribution in [2.45, 2.75) is 25.7 Å². The highest BCUT2D eigenvalue weighted by Crippen LogP contribution is 2.56. The Balaban J connectivity index is 1.49. The first-order valence-corrected chi connectivity index (χ1v) is 13.4. The van der Waals surface area contributed by atoms with Gasteiger partial charge in [0, 0.05) is 22.6 Å². The third kappa shape index (κ3) is 3.72. The van der Waals surface area contributed by atoms with E-state index in [0.29, 0.717) is 34.4 Å². The highest BCUT2D eigenvalue weighted by Gasteiger charge is 2.56. The number of halogens is 1. The molecule has 1 N–H and O–H groups in total. The fourth-order valence-corrected chi connectivity index (χ4v) is 6.91. The van der Waals surface area contributed by atoms with Crippen molar-refractivity contribution in [3.63, 3.8) is 0 Å². The summed E-state index contributed by atoms with van der Waals surface area (Å²) in [5.74, 6) is -3.65. The number of methoxy groups -OCH3 is 1. The van der Waals surface area contributed by atoms with Crippen molar-refractivity contribution in [3.05, 3.63) is 93.6 Å². The summed E-state index contributed by atoms with van der Waals surface area (Å²) >= 11 is 6.35. The average Bonchev–Trinajstić information content (AvgIpc) is 3.21. The minimum Gasteiger partial charge on any atom is -0.503 e. The van der Waals surface area contributed by atoms with Crippen molar-refractivity contribution in [2.24, 2.45) is 17.8 Å². The summed E-state index contributed by atoms with van der Waals surface area (Å²) in [7, 11) is 1.40. The molecular weight excluding hydrogens is 530 g/mol. The number of hydrogen-bond acceptors (Lipinski definition) is 6. The number of hydrogen-bond donors (Lipinski definition) is 1. The minimum absolute atomic E-state index is 0.0375. The van der Waals surface area contributed by atoms with Gasteiger partial charge in [-0.25, -0.2) is 0 Å². The van der Waals surface area contributed by atoms with E-state index in [-0.39, 0.29) is 46.3 Å². The molecule has 0 unspecified atom stereocenters. The van der Waals surface area contributed by atoms with Crippen LogP contribution >= 0.6 is 11.6 Å². The van der Waals surface area contributed by atoms with E-state index in [4.69, 9.17) is 16.3 Å². The minimum atomic E-state index is -0.689. The zero-order chi connectivity index (χ0) is 28.5. The Morgan fingerprint density at radius 3 is 2.48 bits per heavy atom. The number of carbonyl (C=O) groups excluding carboxylic acids is 4. The van der Waals surface area contributed by atoms with Crippen molar-refractivity contribution in [1.29, 1.82) is 0 Å². The predicted molar refractivity (Wildman–Crippen MR) is 150 cm³/mol. The molecule has 4 atom stereocenters. The third-order valence-electron chi connectivity index (χ3n) is 8.55. The Labute approximate surface area is 236 Å². The number of phenols is 1. The quantitative estimate of drug-likeness (QED) is 0.311. The van der Waals surface area contributed by atoms with Gasteiger partial charge < -0.3 is 9.84 Å². The molecule has 2 amide bonds. The smallest absolute Gasteiger partial charge is 0.238 e. The lowest BCUT2D eigenvalue weighted by Gasteiger charge is -2.42. The maximum atomic E-state index is 14.0. The Morgan fingerprint density at radius 2 is 1.80 bits per heavy atom. The number of ketones is 2. The number of amides is 2. The number of imide groups is 1. The van der Waals surface area contributed by atoms with Crippen LogP contribution in [0.3, 0.4) is 0 Å². The Hall–Kier alpha value is -4.23. The molecule has 3 aliphatic carbocycles. The number of fused-ring (bicyclic) bond motifs is 3. The summed E-state index contributed by atoms with van der Waals surface area (Å²) in [6.07, 6.45) is 5.47. The fraction of sp³-hybridized carbons (Fsp3) is 0.250. The summed E-state index contributed by atoms with van der Waals surface area (Å²) in [4.78, 5) is 55.7. The molecule has 0 saturated carbocycles. The Morgan fingerprint density at radius 1 is 1.07 bits per heavy atom. The van der Waals surface area contributed by atoms with Crippen LogP contribution in [0, 0.1) is 17.8 Å². The SMILES string of the molecule is C=Cc1ccc(N2C(=O)[C@H]3[C@H](CC=C4[C@H](c5cc(Cl)c(O)c(OC)c5)C5=C(C[C@H]43)C(=O)C(C)=CC5=O)C2=O)cc1. The van der Waals surface area contributed by atoms with Gasteiger partial charge in [0.25, 0.3) is 0 Å². The van der Waals surface area contributed by atoms with E-state index in [0.717, 1.165) is 11.1 Å². The molecule has 2 aromatic carbocycles. The lowest BCUT2D eigenvalue weighted by molar-refractivity contribution is -0.123. The largest absolute Gasteiger partial charge is 0.503 e. The first kappa shape index (κ1) is 26.0. The van der Waals surface area contributed by atoms with Crippen LogP contribution in [0.2, 0.25) is 5.02 Å². The Bertz CT molecular complexity index is 1630. The molecule has 1 fully saturated rings. The van der Waals surface area contributed by atoms with Gasteiger partial charge in [-0.1, -0.05) is 48.0 Å². The number of allylic oxidation sites excluding steroid dienone is 6. The summed E-state index contributed by atoms with van der Waals surface area (Å²) in [5.41, 5.74) is 3.74. The molecule has 202 valence electrons. The molecule has 8 heteroatoms. The fourth-order valence-electron chi connectivity index (χ4n) is 6.69. The van der Waals surface area contributed by atoms with Gasteiger partial charge in [-0.2, -0.15) is 0 Å². The van der Waals surface area contributed by atoms with Crippen LogP contribution in [0.1, 0.15) is 36.8 Å². The van der Waals surface area contributed by atoms with Crippen molar-refractivity contribution in [1.82, 2.24) is 0 Å². The van der Waals surface area contributed by atoms with E-state index in [1.54, 1.807) is 49.4 Å². The highest BCUT2D eigenvalue weighted by atomic mass is 35.5. The van der Waals surface area contributed by atoms with Crippen LogP contribution < -0.4 is 9.64 Å². The molecule has 1 heterocycles. The number of anilines is 1. The molecule has 0 spiro atoms. The van der Waals surface area contributed by atoms with Gasteiger partial charge >= 0.3 is 0 Å². The first-order valence-electron chi connectivity index (χ1n) is 13.0. The summed E-state index contributed by atoms with van der Waals surface area (Å²) in [5, 5.41) is 10.4. The van der Waals surface area contributed by atoms with Gasteiger partial charge in [0.15, 0.2) is 23.1 Å². The molecule has 1 aliphatic heterocycles. The first-order chi connectivity index (χ1) is 19.2. The molecule has 6 rings (SSSR count). The van der Waals surface area contributed by atoms with E-state index >= 15 is 0 Å². The number of aromatic hydroxyl groups is 1. The molecular formula is C32H26ClNO6. The van der Waals surface area contributed by atoms with Crippen LogP contribution in [-0.4, -0.2) is 35.6 Å². The highest BCUT2D eigenvalue weighted by molar-refractivity contribution is 6.32. The van der Waals surface area contributed by atoms with Crippen LogP contribution in [0.4, 0.5) is 5.69 Å². The van der Waals surface area contributed by atoms with Crippen LogP contribution in [0.5, 0.6) is 11.5 Å². The van der Waals surface area contributed by atoms with E-state index in [1.165, 1.54) is 18.1 Å². The number of rotatable bonds is 4.